The van der Waals surface area contributed by atoms with Gasteiger partial charge in [-0.25, -0.2) is 4.79 Å². The molecule has 68 valence electrons. The molecule has 0 fully saturated rings. The molecular formula is C8H12O4. The van der Waals surface area contributed by atoms with Gasteiger partial charge in [-0.15, -0.1) is 0 Å². The zero-order valence-electron chi connectivity index (χ0n) is 7.33. The Balaban J connectivity index is 4.60. The van der Waals surface area contributed by atoms with Gasteiger partial charge in [0.05, 0.1) is 13.4 Å². The molecule has 0 heterocycles. The Hall–Kier alpha value is -1.32. The lowest BCUT2D eigenvalue weighted by Gasteiger charge is -2.04. The summed E-state index contributed by atoms with van der Waals surface area (Å²) in [7, 11) is 1.15. The van der Waals surface area contributed by atoms with Crippen molar-refractivity contribution in [2.24, 2.45) is 5.92 Å². The second-order valence-electron chi connectivity index (χ2n) is 2.55. The van der Waals surface area contributed by atoms with Crippen LogP contribution in [0.2, 0.25) is 0 Å². The first-order valence-electron chi connectivity index (χ1n) is 3.51. The Bertz CT molecular complexity index is 215. The first-order chi connectivity index (χ1) is 5.54. The number of ether oxygens (including phenoxy) is 1. The molecule has 4 nitrogen and oxygen atoms in total. The maximum absolute atomic E-state index is 11.1. The van der Waals surface area contributed by atoms with Crippen LogP contribution in [0.4, 0.5) is 0 Å². The van der Waals surface area contributed by atoms with Crippen molar-refractivity contribution in [3.05, 3.63) is 11.8 Å². The fraction of sp³-hybridized carbons (Fsp3) is 0.500. The van der Waals surface area contributed by atoms with E-state index in [1.54, 1.807) is 13.8 Å². The average Bonchev–Trinajstić information content (AvgIpc) is 2.05. The summed E-state index contributed by atoms with van der Waals surface area (Å²) < 4.78 is 4.29. The number of esters is 1. The van der Waals surface area contributed by atoms with Crippen molar-refractivity contribution in [1.82, 2.24) is 0 Å². The lowest BCUT2D eigenvalue weighted by atomic mass is 10.0. The summed E-state index contributed by atoms with van der Waals surface area (Å²) in [6.07, 6.45) is 0.480. The number of methoxy groups -OCH3 is 1. The van der Waals surface area contributed by atoms with E-state index in [2.05, 4.69) is 4.74 Å². The van der Waals surface area contributed by atoms with E-state index in [1.807, 2.05) is 0 Å². The number of carbonyl (C=O) groups is 2. The molecule has 0 unspecified atom stereocenters. The Morgan fingerprint density at radius 1 is 1.42 bits per heavy atom. The maximum Gasteiger partial charge on any atom is 0.344 e. The van der Waals surface area contributed by atoms with Crippen molar-refractivity contribution < 1.29 is 19.4 Å². The van der Waals surface area contributed by atoms with Gasteiger partial charge in [-0.2, -0.15) is 0 Å². The molecule has 0 atom stereocenters. The number of Topliss-reactive ketones (excluding diaryl/α,β-unsaturated/α-hetero) is 1. The van der Waals surface area contributed by atoms with Gasteiger partial charge in [0.15, 0.2) is 5.78 Å². The number of ketones is 1. The molecule has 0 rings (SSSR count). The fourth-order valence-corrected chi connectivity index (χ4v) is 0.638. The SMILES string of the molecule is COC(=O)C(=CO)C(=O)C(C)C. The van der Waals surface area contributed by atoms with E-state index in [1.165, 1.54) is 0 Å². The number of carbonyl (C=O) groups excluding carboxylic acids is 2. The van der Waals surface area contributed by atoms with Crippen molar-refractivity contribution in [3.63, 3.8) is 0 Å². The van der Waals surface area contributed by atoms with E-state index < -0.39 is 11.8 Å². The molecule has 12 heavy (non-hydrogen) atoms. The molecule has 0 radical (unpaired) electrons. The number of aliphatic hydroxyl groups excluding tert-OH is 1. The average molecular weight is 172 g/mol. The highest BCUT2D eigenvalue weighted by molar-refractivity contribution is 6.17. The van der Waals surface area contributed by atoms with Crippen LogP contribution in [0.5, 0.6) is 0 Å². The van der Waals surface area contributed by atoms with Gasteiger partial charge in [-0.3, -0.25) is 4.79 Å². The molecular weight excluding hydrogens is 160 g/mol. The summed E-state index contributed by atoms with van der Waals surface area (Å²) in [4.78, 5) is 22.0. The van der Waals surface area contributed by atoms with E-state index in [-0.39, 0.29) is 11.5 Å². The summed E-state index contributed by atoms with van der Waals surface area (Å²) >= 11 is 0. The number of hydrogen-bond donors (Lipinski definition) is 1. The van der Waals surface area contributed by atoms with E-state index in [9.17, 15) is 9.59 Å². The molecule has 0 aliphatic rings. The van der Waals surface area contributed by atoms with Gasteiger partial charge in [0.25, 0.3) is 0 Å². The fourth-order valence-electron chi connectivity index (χ4n) is 0.638. The first-order valence-corrected chi connectivity index (χ1v) is 3.51. The molecule has 0 spiro atoms. The van der Waals surface area contributed by atoms with E-state index in [0.717, 1.165) is 7.11 Å². The summed E-state index contributed by atoms with van der Waals surface area (Å²) in [5, 5.41) is 8.56. The first kappa shape index (κ1) is 10.7. The molecule has 0 saturated carbocycles. The van der Waals surface area contributed by atoms with Crippen LogP contribution in [-0.4, -0.2) is 24.0 Å². The number of hydrogen-bond acceptors (Lipinski definition) is 4. The van der Waals surface area contributed by atoms with Gasteiger partial charge >= 0.3 is 5.97 Å². The molecule has 0 amide bonds. The predicted octanol–water partition coefficient (Wildman–Crippen LogP) is 0.826. The molecule has 0 aromatic heterocycles. The van der Waals surface area contributed by atoms with Crippen molar-refractivity contribution in [1.29, 1.82) is 0 Å². The van der Waals surface area contributed by atoms with E-state index in [0.29, 0.717) is 6.26 Å². The van der Waals surface area contributed by atoms with Crippen LogP contribution in [0.25, 0.3) is 0 Å². The zero-order chi connectivity index (χ0) is 9.72. The van der Waals surface area contributed by atoms with Crippen LogP contribution in [0.3, 0.4) is 0 Å². The lowest BCUT2D eigenvalue weighted by Crippen LogP contribution is -2.18. The summed E-state index contributed by atoms with van der Waals surface area (Å²) in [5.74, 6) is -1.57. The highest BCUT2D eigenvalue weighted by atomic mass is 16.5. The van der Waals surface area contributed by atoms with Gasteiger partial charge < -0.3 is 9.84 Å². The molecule has 0 bridgehead atoms. The predicted molar refractivity (Wildman–Crippen MR) is 42.6 cm³/mol. The van der Waals surface area contributed by atoms with Crippen LogP contribution in [0.15, 0.2) is 11.8 Å². The van der Waals surface area contributed by atoms with Gasteiger partial charge in [-0.1, -0.05) is 13.8 Å². The third-order valence-electron chi connectivity index (χ3n) is 1.32. The molecule has 0 saturated heterocycles. The highest BCUT2D eigenvalue weighted by Crippen LogP contribution is 2.06. The van der Waals surface area contributed by atoms with E-state index >= 15 is 0 Å². The van der Waals surface area contributed by atoms with Crippen LogP contribution in [0, 0.1) is 5.92 Å². The van der Waals surface area contributed by atoms with Crippen LogP contribution in [-0.2, 0) is 14.3 Å². The number of aliphatic hydroxyl groups is 1. The minimum Gasteiger partial charge on any atom is -0.515 e. The molecule has 4 heteroatoms. The lowest BCUT2D eigenvalue weighted by molar-refractivity contribution is -0.138. The van der Waals surface area contributed by atoms with Crippen LogP contribution >= 0.6 is 0 Å². The second-order valence-corrected chi connectivity index (χ2v) is 2.55. The molecule has 0 aromatic rings. The molecule has 0 aliphatic carbocycles. The van der Waals surface area contributed by atoms with E-state index in [4.69, 9.17) is 5.11 Å². The third kappa shape index (κ3) is 2.38. The Kier molecular flexibility index (Phi) is 4.04. The standard InChI is InChI=1S/C8H12O4/c1-5(2)7(10)6(4-9)8(11)12-3/h4-5,9H,1-3H3. The quantitative estimate of drug-likeness (QED) is 0.225. The minimum absolute atomic E-state index is 0.312. The summed E-state index contributed by atoms with van der Waals surface area (Å²) in [5.41, 5.74) is -0.312. The van der Waals surface area contributed by atoms with Gasteiger partial charge in [0.1, 0.15) is 5.57 Å². The topological polar surface area (TPSA) is 63.6 Å². The van der Waals surface area contributed by atoms with Crippen LogP contribution in [0.1, 0.15) is 13.8 Å². The maximum atomic E-state index is 11.1. The molecule has 0 aliphatic heterocycles. The van der Waals surface area contributed by atoms with Gasteiger partial charge in [-0.05, 0) is 0 Å². The smallest absolute Gasteiger partial charge is 0.344 e. The monoisotopic (exact) mass is 172 g/mol. The summed E-state index contributed by atoms with van der Waals surface area (Å²) in [6.45, 7) is 3.27. The van der Waals surface area contributed by atoms with Gasteiger partial charge in [0, 0.05) is 5.92 Å². The molecule has 1 N–H and O–H groups in total. The van der Waals surface area contributed by atoms with Crippen molar-refractivity contribution >= 4 is 11.8 Å². The summed E-state index contributed by atoms with van der Waals surface area (Å²) in [6, 6.07) is 0. The number of rotatable bonds is 3. The highest BCUT2D eigenvalue weighted by Gasteiger charge is 2.21. The third-order valence-corrected chi connectivity index (χ3v) is 1.32. The largest absolute Gasteiger partial charge is 0.515 e. The minimum atomic E-state index is -0.809. The zero-order valence-corrected chi connectivity index (χ0v) is 7.33. The van der Waals surface area contributed by atoms with Crippen molar-refractivity contribution in [3.8, 4) is 0 Å². The Morgan fingerprint density at radius 3 is 2.17 bits per heavy atom. The molecule has 0 aromatic carbocycles. The second kappa shape index (κ2) is 4.54. The Morgan fingerprint density at radius 2 is 1.92 bits per heavy atom. The van der Waals surface area contributed by atoms with Crippen LogP contribution < -0.4 is 0 Å². The van der Waals surface area contributed by atoms with Gasteiger partial charge in [0.2, 0.25) is 0 Å². The normalized spacial score (nSPS) is 11.5. The van der Waals surface area contributed by atoms with Crippen molar-refractivity contribution in [2.45, 2.75) is 13.8 Å². The van der Waals surface area contributed by atoms with Crippen molar-refractivity contribution in [2.75, 3.05) is 7.11 Å². The Labute approximate surface area is 70.8 Å².